The molecule has 0 aromatic heterocycles. The van der Waals surface area contributed by atoms with Crippen LogP contribution in [0.5, 0.6) is 5.75 Å². The minimum absolute atomic E-state index is 0.0986. The summed E-state index contributed by atoms with van der Waals surface area (Å²) in [5, 5.41) is 10.6. The lowest BCUT2D eigenvalue weighted by Crippen LogP contribution is -2.51. The molecule has 10 heteroatoms. The zero-order chi connectivity index (χ0) is 32.9. The van der Waals surface area contributed by atoms with E-state index in [4.69, 9.17) is 25.8 Å². The highest BCUT2D eigenvalue weighted by molar-refractivity contribution is 7.99. The Hall–Kier alpha value is -2.30. The fourth-order valence-corrected chi connectivity index (χ4v) is 10.5. The van der Waals surface area contributed by atoms with Crippen LogP contribution in [0, 0.1) is 23.7 Å². The number of ether oxygens (including phenoxy) is 3. The van der Waals surface area contributed by atoms with Crippen LogP contribution < -0.4 is 14.4 Å². The van der Waals surface area contributed by atoms with E-state index in [1.807, 2.05) is 25.1 Å². The molecule has 1 saturated heterocycles. The molecule has 5 aliphatic rings. The highest BCUT2D eigenvalue weighted by Crippen LogP contribution is 2.49. The van der Waals surface area contributed by atoms with Gasteiger partial charge in [-0.2, -0.15) is 0 Å². The smallest absolute Gasteiger partial charge is 0.262 e. The van der Waals surface area contributed by atoms with Gasteiger partial charge in [-0.15, -0.1) is 0 Å². The Balaban J connectivity index is 1.28. The molecule has 2 aromatic carbocycles. The second-order valence-electron chi connectivity index (χ2n) is 14.9. The van der Waals surface area contributed by atoms with Crippen molar-refractivity contribution in [3.8, 4) is 5.75 Å². The van der Waals surface area contributed by atoms with E-state index in [-0.39, 0.29) is 34.7 Å². The van der Waals surface area contributed by atoms with Crippen molar-refractivity contribution in [2.75, 3.05) is 37.8 Å². The van der Waals surface area contributed by atoms with Gasteiger partial charge in [0, 0.05) is 40.3 Å². The second-order valence-corrected chi connectivity index (χ2v) is 17.7. The molecule has 2 N–H and O–H groups in total. The van der Waals surface area contributed by atoms with Crippen LogP contribution in [-0.2, 0) is 31.0 Å². The number of aryl methyl sites for hydroxylation is 1. The fraction of sp³-hybridized carbons (Fsp3) is 0.622. The minimum Gasteiger partial charge on any atom is -0.490 e. The molecule has 1 unspecified atom stereocenters. The molecule has 1 spiro atoms. The largest absolute Gasteiger partial charge is 0.490 e. The molecule has 0 radical (unpaired) electrons. The molecule has 47 heavy (non-hydrogen) atoms. The first-order valence-electron chi connectivity index (χ1n) is 17.4. The fourth-order valence-electron chi connectivity index (χ4n) is 8.83. The van der Waals surface area contributed by atoms with Crippen LogP contribution in [-0.4, -0.2) is 71.6 Å². The summed E-state index contributed by atoms with van der Waals surface area (Å²) in [6, 6.07) is 11.9. The summed E-state index contributed by atoms with van der Waals surface area (Å²) >= 11 is 6.46. The number of hydrogen-bond donors (Lipinski definition) is 2. The van der Waals surface area contributed by atoms with Crippen molar-refractivity contribution in [3.63, 3.8) is 0 Å². The quantitative estimate of drug-likeness (QED) is 0.369. The van der Waals surface area contributed by atoms with Gasteiger partial charge in [-0.05, 0) is 117 Å². The van der Waals surface area contributed by atoms with Gasteiger partial charge >= 0.3 is 0 Å². The maximum Gasteiger partial charge on any atom is 0.262 e. The van der Waals surface area contributed by atoms with Gasteiger partial charge < -0.3 is 24.2 Å². The van der Waals surface area contributed by atoms with Crippen molar-refractivity contribution < 1.29 is 28.3 Å². The predicted octanol–water partition coefficient (Wildman–Crippen LogP) is 5.76. The van der Waals surface area contributed by atoms with Crippen LogP contribution >= 0.6 is 11.6 Å². The van der Waals surface area contributed by atoms with Crippen molar-refractivity contribution >= 4 is 38.8 Å². The second kappa shape index (κ2) is 13.2. The van der Waals surface area contributed by atoms with Crippen molar-refractivity contribution in [1.82, 2.24) is 4.72 Å². The van der Waals surface area contributed by atoms with Gasteiger partial charge in [0.2, 0.25) is 0 Å². The number of fused-ring (bicyclic) bond motifs is 4. The molecule has 256 valence electrons. The average Bonchev–Trinajstić information content (AvgIpc) is 3.18. The number of benzene rings is 2. The van der Waals surface area contributed by atoms with Crippen LogP contribution in [0.25, 0.3) is 0 Å². The molecule has 3 aliphatic heterocycles. The number of carbonyl (C=O) groups is 1. The van der Waals surface area contributed by atoms with E-state index in [1.165, 1.54) is 11.1 Å². The van der Waals surface area contributed by atoms with Crippen molar-refractivity contribution in [3.05, 3.63) is 58.1 Å². The number of halogens is 1. The maximum atomic E-state index is 13.9. The average molecular weight is 685 g/mol. The summed E-state index contributed by atoms with van der Waals surface area (Å²) in [5.41, 5.74) is 3.72. The number of amides is 1. The number of hydrogen-bond acceptors (Lipinski definition) is 7. The Labute approximate surface area is 284 Å². The lowest BCUT2D eigenvalue weighted by Gasteiger charge is -2.48. The number of nitrogens with zero attached hydrogens (tertiary/aromatic N) is 1. The molecule has 2 bridgehead atoms. The zero-order valence-corrected chi connectivity index (χ0v) is 29.2. The van der Waals surface area contributed by atoms with Gasteiger partial charge in [-0.1, -0.05) is 31.0 Å². The van der Waals surface area contributed by atoms with Crippen molar-refractivity contribution in [1.29, 1.82) is 0 Å². The van der Waals surface area contributed by atoms with E-state index < -0.39 is 15.8 Å². The summed E-state index contributed by atoms with van der Waals surface area (Å²) in [5.74, 6) is 5.53. The number of rotatable bonds is 1. The molecular formula is C37H49ClN2O6S. The molecular weight excluding hydrogens is 636 g/mol. The summed E-state index contributed by atoms with van der Waals surface area (Å²) < 4.78 is 35.6. The summed E-state index contributed by atoms with van der Waals surface area (Å²) in [4.78, 5) is 16.1. The minimum atomic E-state index is -2.92. The molecule has 3 heterocycles. The molecule has 2 fully saturated rings. The van der Waals surface area contributed by atoms with Crippen LogP contribution in [0.2, 0.25) is 5.02 Å². The molecule has 1 amide bonds. The zero-order valence-electron chi connectivity index (χ0n) is 27.6. The van der Waals surface area contributed by atoms with Crippen LogP contribution in [0.4, 0.5) is 5.69 Å². The first-order chi connectivity index (χ1) is 22.5. The number of carbonyl (C=O) groups excluding carboxylic acids is 1. The van der Waals surface area contributed by atoms with Crippen molar-refractivity contribution in [2.24, 2.45) is 23.7 Å². The Morgan fingerprint density at radius 2 is 1.85 bits per heavy atom. The normalized spacial score (nSPS) is 37.8. The van der Waals surface area contributed by atoms with E-state index in [0.29, 0.717) is 37.2 Å². The monoisotopic (exact) mass is 684 g/mol. The predicted molar refractivity (Wildman–Crippen MR) is 187 cm³/mol. The maximum absolute atomic E-state index is 13.9. The number of aliphatic hydroxyl groups excluding tert-OH is 1. The van der Waals surface area contributed by atoms with Gasteiger partial charge in [0.15, 0.2) is 6.29 Å². The Morgan fingerprint density at radius 3 is 2.62 bits per heavy atom. The van der Waals surface area contributed by atoms with Gasteiger partial charge in [0.25, 0.3) is 5.91 Å². The summed E-state index contributed by atoms with van der Waals surface area (Å²) in [6.07, 6.45) is 7.04. The number of aliphatic hydroxyl groups is 1. The Kier molecular flexibility index (Phi) is 9.33. The molecule has 7 rings (SSSR count). The van der Waals surface area contributed by atoms with E-state index in [0.717, 1.165) is 80.9 Å². The third-order valence-electron chi connectivity index (χ3n) is 11.9. The molecule has 2 aromatic rings. The van der Waals surface area contributed by atoms with E-state index in [1.54, 1.807) is 6.07 Å². The van der Waals surface area contributed by atoms with Crippen LogP contribution in [0.3, 0.4) is 0 Å². The molecule has 8 nitrogen and oxygen atoms in total. The third-order valence-corrected chi connectivity index (χ3v) is 14.3. The number of anilines is 1. The number of nitrogens with one attached hydrogen (secondary N) is 1. The molecule has 2 aliphatic carbocycles. The van der Waals surface area contributed by atoms with Crippen LogP contribution in [0.15, 0.2) is 36.4 Å². The van der Waals surface area contributed by atoms with E-state index >= 15 is 0 Å². The SMILES string of the molecule is C=S1(=O)NC(=O)c2ccc3c(c2)N(C[C@@H]2CC[C@H]2[C@@H](C2OCC(O)CO2)CCC[C@H](C)[C@H]1C)C[C@@]1(CCCc2cc(Cl)ccc21)CO3. The first-order valence-corrected chi connectivity index (χ1v) is 19.6. The summed E-state index contributed by atoms with van der Waals surface area (Å²) in [7, 11) is -2.92. The first kappa shape index (κ1) is 33.2. The van der Waals surface area contributed by atoms with E-state index in [9.17, 15) is 14.1 Å². The van der Waals surface area contributed by atoms with Gasteiger partial charge in [0.05, 0.1) is 35.2 Å². The molecule has 1 saturated carbocycles. The highest BCUT2D eigenvalue weighted by Gasteiger charge is 2.46. The van der Waals surface area contributed by atoms with Gasteiger partial charge in [0.1, 0.15) is 11.9 Å². The lowest BCUT2D eigenvalue weighted by atomic mass is 9.64. The summed E-state index contributed by atoms with van der Waals surface area (Å²) in [6.45, 7) is 6.74. The topological polar surface area (TPSA) is 97.3 Å². The van der Waals surface area contributed by atoms with Crippen molar-refractivity contribution in [2.45, 2.75) is 88.3 Å². The van der Waals surface area contributed by atoms with E-state index in [2.05, 4.69) is 34.5 Å². The Morgan fingerprint density at radius 1 is 1.04 bits per heavy atom. The van der Waals surface area contributed by atoms with Gasteiger partial charge in [-0.3, -0.25) is 9.52 Å². The van der Waals surface area contributed by atoms with Crippen LogP contribution in [0.1, 0.15) is 80.3 Å². The highest BCUT2D eigenvalue weighted by atomic mass is 35.5. The van der Waals surface area contributed by atoms with Gasteiger partial charge in [-0.25, -0.2) is 4.21 Å². The molecule has 7 atom stereocenters. The standard InChI is InChI=1S/C37H49ClN2O6S/c1-23-6-4-8-31(36-44-19-29(41)20-45-36)30-12-9-27(30)18-40-21-37(15-5-7-25-16-28(38)11-13-32(25)37)22-46-34-14-10-26(17-33(34)40)35(42)39-47(3,43)24(23)2/h10-11,13-14,16-17,23-24,27,29-31,36,41H,3-9,12,15,18-22H2,1-2H3,(H,39,42,43)/t23-,24+,27-,29?,30+,31-,36?,37-,47?/m0/s1. The Bertz CT molecular complexity index is 1590. The lowest BCUT2D eigenvalue weighted by molar-refractivity contribution is -0.252. The third kappa shape index (κ3) is 6.55.